The summed E-state index contributed by atoms with van der Waals surface area (Å²) in [7, 11) is 3.74. The molecule has 3 aliphatic rings. The number of nitrogens with two attached hydrogens (primary N) is 1. The molecule has 0 saturated carbocycles. The second kappa shape index (κ2) is 8.82. The highest BCUT2D eigenvalue weighted by Crippen LogP contribution is 2.47. The molecule has 1 saturated heterocycles. The number of hydrogen-bond acceptors (Lipinski definition) is 9. The standard InChI is InChI=1S/C26H25F2N7OS/c1-12-4-5-35(8-12)26-32-23-20(25(33-26)34(2)3)15-10-36-9-14(15)18(21(23)28)22-19-13(6-29)17(30)11-37-24(19)16(27)7-31-22/h7,12H,4-5,8-11,30H2,1-3H3. The number of benzene rings is 1. The molecule has 2 aromatic heterocycles. The zero-order chi connectivity index (χ0) is 26.0. The van der Waals surface area contributed by atoms with E-state index in [0.29, 0.717) is 34.3 Å². The molecular formula is C26H25F2N7OS. The number of fused-ring (bicyclic) bond motifs is 4. The van der Waals surface area contributed by atoms with Crippen LogP contribution in [0.4, 0.5) is 20.5 Å². The molecule has 1 fully saturated rings. The van der Waals surface area contributed by atoms with Gasteiger partial charge in [-0.25, -0.2) is 13.8 Å². The average molecular weight is 522 g/mol. The van der Waals surface area contributed by atoms with Crippen LogP contribution in [0.5, 0.6) is 0 Å². The Bertz CT molecular complexity index is 1550. The van der Waals surface area contributed by atoms with Crippen LogP contribution >= 0.6 is 11.8 Å². The van der Waals surface area contributed by atoms with E-state index in [1.54, 1.807) is 0 Å². The molecule has 1 atom stereocenters. The van der Waals surface area contributed by atoms with Crippen LogP contribution in [-0.4, -0.2) is 47.9 Å². The van der Waals surface area contributed by atoms with Gasteiger partial charge >= 0.3 is 0 Å². The van der Waals surface area contributed by atoms with E-state index in [1.165, 1.54) is 11.8 Å². The van der Waals surface area contributed by atoms with Gasteiger partial charge in [0.05, 0.1) is 41.0 Å². The molecule has 0 aliphatic carbocycles. The summed E-state index contributed by atoms with van der Waals surface area (Å²) in [4.78, 5) is 18.1. The van der Waals surface area contributed by atoms with Gasteiger partial charge in [-0.3, -0.25) is 4.98 Å². The summed E-state index contributed by atoms with van der Waals surface area (Å²) in [5, 5.41) is 10.5. The van der Waals surface area contributed by atoms with Crippen molar-refractivity contribution in [2.45, 2.75) is 31.5 Å². The van der Waals surface area contributed by atoms with Gasteiger partial charge in [-0.2, -0.15) is 10.2 Å². The van der Waals surface area contributed by atoms with Crippen molar-refractivity contribution in [2.24, 2.45) is 11.7 Å². The minimum atomic E-state index is -0.592. The topological polar surface area (TPSA) is 104 Å². The predicted molar refractivity (Wildman–Crippen MR) is 139 cm³/mol. The monoisotopic (exact) mass is 521 g/mol. The Balaban J connectivity index is 1.70. The summed E-state index contributed by atoms with van der Waals surface area (Å²) in [5.41, 5.74) is 8.66. The molecule has 3 aromatic rings. The zero-order valence-corrected chi connectivity index (χ0v) is 21.5. The van der Waals surface area contributed by atoms with Crippen LogP contribution in [0.25, 0.3) is 27.7 Å². The fourth-order valence-corrected chi connectivity index (χ4v) is 6.35. The molecule has 3 aliphatic heterocycles. The number of ether oxygens (including phenoxy) is 1. The smallest absolute Gasteiger partial charge is 0.228 e. The summed E-state index contributed by atoms with van der Waals surface area (Å²) < 4.78 is 37.4. The molecule has 5 heterocycles. The lowest BCUT2D eigenvalue weighted by molar-refractivity contribution is 0.135. The number of pyridine rings is 1. The van der Waals surface area contributed by atoms with Gasteiger partial charge in [0.1, 0.15) is 17.4 Å². The van der Waals surface area contributed by atoms with Crippen LogP contribution < -0.4 is 15.5 Å². The Morgan fingerprint density at radius 1 is 1.22 bits per heavy atom. The van der Waals surface area contributed by atoms with E-state index in [9.17, 15) is 9.65 Å². The third kappa shape index (κ3) is 3.61. The summed E-state index contributed by atoms with van der Waals surface area (Å²) in [5.74, 6) is 0.681. The Kier molecular flexibility index (Phi) is 5.69. The Morgan fingerprint density at radius 2 is 2.00 bits per heavy atom. The van der Waals surface area contributed by atoms with E-state index in [2.05, 4.69) is 22.9 Å². The molecule has 2 N–H and O–H groups in total. The van der Waals surface area contributed by atoms with Crippen LogP contribution in [0, 0.1) is 28.9 Å². The van der Waals surface area contributed by atoms with Crippen molar-refractivity contribution >= 4 is 40.0 Å². The molecule has 190 valence electrons. The number of nitriles is 1. The lowest BCUT2D eigenvalue weighted by Crippen LogP contribution is -2.24. The lowest BCUT2D eigenvalue weighted by atomic mass is 9.91. The van der Waals surface area contributed by atoms with E-state index in [-0.39, 0.29) is 51.8 Å². The quantitative estimate of drug-likeness (QED) is 0.543. The van der Waals surface area contributed by atoms with Gasteiger partial charge < -0.3 is 20.3 Å². The lowest BCUT2D eigenvalue weighted by Gasteiger charge is -2.24. The molecule has 37 heavy (non-hydrogen) atoms. The third-order valence-corrected chi connectivity index (χ3v) is 8.32. The fraction of sp³-hybridized carbons (Fsp3) is 0.385. The zero-order valence-electron chi connectivity index (χ0n) is 20.7. The molecule has 0 spiro atoms. The number of thioether (sulfide) groups is 1. The number of halogens is 2. The van der Waals surface area contributed by atoms with Gasteiger partial charge in [0.2, 0.25) is 5.95 Å². The van der Waals surface area contributed by atoms with Gasteiger partial charge in [0, 0.05) is 49.8 Å². The van der Waals surface area contributed by atoms with Crippen molar-refractivity contribution in [3.63, 3.8) is 0 Å². The van der Waals surface area contributed by atoms with E-state index in [0.717, 1.165) is 31.3 Å². The van der Waals surface area contributed by atoms with Crippen LogP contribution in [0.2, 0.25) is 0 Å². The first-order chi connectivity index (χ1) is 17.8. The largest absolute Gasteiger partial charge is 0.400 e. The van der Waals surface area contributed by atoms with E-state index in [4.69, 9.17) is 20.4 Å². The Morgan fingerprint density at radius 3 is 2.70 bits per heavy atom. The van der Waals surface area contributed by atoms with Gasteiger partial charge in [-0.1, -0.05) is 6.92 Å². The Labute approximate surface area is 217 Å². The number of anilines is 2. The molecule has 0 amide bonds. The minimum Gasteiger partial charge on any atom is -0.400 e. The number of allylic oxidation sites excluding steroid dienone is 1. The number of nitrogens with zero attached hydrogens (tertiary/aromatic N) is 6. The van der Waals surface area contributed by atoms with Crippen LogP contribution in [0.15, 0.2) is 16.8 Å². The Hall–Kier alpha value is -3.49. The van der Waals surface area contributed by atoms with Gasteiger partial charge in [0.25, 0.3) is 0 Å². The van der Waals surface area contributed by atoms with Gasteiger partial charge in [-0.05, 0) is 23.5 Å². The van der Waals surface area contributed by atoms with E-state index in [1.807, 2.05) is 19.0 Å². The van der Waals surface area contributed by atoms with Crippen molar-refractivity contribution < 1.29 is 13.5 Å². The van der Waals surface area contributed by atoms with Crippen molar-refractivity contribution in [1.29, 1.82) is 5.26 Å². The van der Waals surface area contributed by atoms with E-state index >= 15 is 4.39 Å². The normalized spacial score (nSPS) is 18.8. The summed E-state index contributed by atoms with van der Waals surface area (Å²) in [6, 6.07) is 2.09. The third-order valence-electron chi connectivity index (χ3n) is 7.18. The van der Waals surface area contributed by atoms with Crippen molar-refractivity contribution in [1.82, 2.24) is 15.0 Å². The first kappa shape index (κ1) is 23.9. The molecule has 0 bridgehead atoms. The first-order valence-electron chi connectivity index (χ1n) is 12.1. The maximum atomic E-state index is 16.7. The van der Waals surface area contributed by atoms with Gasteiger partial charge in [-0.15, -0.1) is 11.8 Å². The highest BCUT2D eigenvalue weighted by molar-refractivity contribution is 7.99. The average Bonchev–Trinajstić information content (AvgIpc) is 3.54. The van der Waals surface area contributed by atoms with Crippen molar-refractivity contribution in [3.05, 3.63) is 40.2 Å². The minimum absolute atomic E-state index is 0.117. The maximum Gasteiger partial charge on any atom is 0.228 e. The highest BCUT2D eigenvalue weighted by atomic mass is 32.2. The molecule has 1 unspecified atom stereocenters. The second-order valence-electron chi connectivity index (χ2n) is 9.90. The fourth-order valence-electron chi connectivity index (χ4n) is 5.37. The van der Waals surface area contributed by atoms with Crippen LogP contribution in [0.1, 0.15) is 30.0 Å². The molecule has 11 heteroatoms. The SMILES string of the molecule is CC1CCN(c2nc(N(C)C)c3c4c(c(-c5ncc(F)c6c5C(C#N)=C(N)CS6)c(F)c3n2)COC4)C1. The summed E-state index contributed by atoms with van der Waals surface area (Å²) in [6.07, 6.45) is 2.09. The molecular weight excluding hydrogens is 496 g/mol. The first-order valence-corrected chi connectivity index (χ1v) is 13.0. The van der Waals surface area contributed by atoms with Crippen LogP contribution in [0.3, 0.4) is 0 Å². The molecule has 8 nitrogen and oxygen atoms in total. The van der Waals surface area contributed by atoms with Crippen molar-refractivity contribution in [3.8, 4) is 17.3 Å². The molecule has 1 aromatic carbocycles. The van der Waals surface area contributed by atoms with Gasteiger partial charge in [0.15, 0.2) is 11.6 Å². The summed E-state index contributed by atoms with van der Waals surface area (Å²) >= 11 is 1.18. The number of aromatic nitrogens is 3. The van der Waals surface area contributed by atoms with Crippen LogP contribution in [-0.2, 0) is 18.0 Å². The maximum absolute atomic E-state index is 16.7. The highest BCUT2D eigenvalue weighted by Gasteiger charge is 2.34. The van der Waals surface area contributed by atoms with E-state index < -0.39 is 11.6 Å². The molecule has 6 rings (SSSR count). The summed E-state index contributed by atoms with van der Waals surface area (Å²) in [6.45, 7) is 4.16. The second-order valence-corrected chi connectivity index (χ2v) is 10.9. The predicted octanol–water partition coefficient (Wildman–Crippen LogP) is 4.21. The molecule has 0 radical (unpaired) electrons. The number of rotatable bonds is 3. The number of hydrogen-bond donors (Lipinski definition) is 1. The van der Waals surface area contributed by atoms with Crippen molar-refractivity contribution in [2.75, 3.05) is 42.7 Å².